The molecule has 7 nitrogen and oxygen atoms in total. The zero-order chi connectivity index (χ0) is 22.5. The van der Waals surface area contributed by atoms with Crippen LogP contribution in [0.1, 0.15) is 16.7 Å². The molecule has 1 N–H and O–H groups in total. The third kappa shape index (κ3) is 3.12. The summed E-state index contributed by atoms with van der Waals surface area (Å²) in [6, 6.07) is 11.9. The lowest BCUT2D eigenvalue weighted by Crippen LogP contribution is -2.10. The van der Waals surface area contributed by atoms with Crippen molar-refractivity contribution in [1.29, 1.82) is 0 Å². The van der Waals surface area contributed by atoms with E-state index in [1.54, 1.807) is 12.5 Å². The fourth-order valence-corrected chi connectivity index (χ4v) is 4.77. The van der Waals surface area contributed by atoms with E-state index in [0.29, 0.717) is 6.61 Å². The minimum Gasteiger partial charge on any atom is -0.493 e. The van der Waals surface area contributed by atoms with E-state index in [0.717, 1.165) is 62.0 Å². The fourth-order valence-electron chi connectivity index (χ4n) is 4.77. The summed E-state index contributed by atoms with van der Waals surface area (Å²) in [6.45, 7) is 2.58. The minimum absolute atomic E-state index is 0.0835. The quantitative estimate of drug-likeness (QED) is 0.446. The largest absolute Gasteiger partial charge is 0.493 e. The van der Waals surface area contributed by atoms with Gasteiger partial charge in [-0.05, 0) is 65.6 Å². The molecule has 33 heavy (non-hydrogen) atoms. The van der Waals surface area contributed by atoms with Crippen LogP contribution in [-0.2, 0) is 17.6 Å². The average Bonchev–Trinajstić information content (AvgIpc) is 3.35. The third-order valence-electron chi connectivity index (χ3n) is 6.25. The van der Waals surface area contributed by atoms with Crippen molar-refractivity contribution >= 4 is 27.8 Å². The Morgan fingerprint density at radius 1 is 1.18 bits per heavy atom. The van der Waals surface area contributed by atoms with E-state index in [9.17, 15) is 9.90 Å². The summed E-state index contributed by atoms with van der Waals surface area (Å²) in [5.74, 6) is 0.695. The second-order valence-electron chi connectivity index (χ2n) is 8.23. The first kappa shape index (κ1) is 19.4. The van der Waals surface area contributed by atoms with Crippen LogP contribution in [-0.4, -0.2) is 37.2 Å². The lowest BCUT2D eigenvalue weighted by Gasteiger charge is -2.21. The molecule has 162 valence electrons. The highest BCUT2D eigenvalue weighted by Crippen LogP contribution is 2.42. The molecule has 3 aromatic heterocycles. The van der Waals surface area contributed by atoms with Gasteiger partial charge in [0.25, 0.3) is 0 Å². The molecule has 5 aromatic rings. The summed E-state index contributed by atoms with van der Waals surface area (Å²) in [7, 11) is 0. The van der Waals surface area contributed by atoms with Gasteiger partial charge in [0, 0.05) is 41.3 Å². The van der Waals surface area contributed by atoms with Gasteiger partial charge in [-0.3, -0.25) is 14.3 Å². The van der Waals surface area contributed by atoms with Gasteiger partial charge in [0.1, 0.15) is 17.9 Å². The Balaban J connectivity index is 1.69. The molecule has 4 heterocycles. The number of carboxylic acids is 1. The van der Waals surface area contributed by atoms with Gasteiger partial charge >= 0.3 is 5.97 Å². The van der Waals surface area contributed by atoms with Crippen LogP contribution in [0.5, 0.6) is 5.75 Å². The van der Waals surface area contributed by atoms with Crippen LogP contribution in [0, 0.1) is 6.92 Å². The Morgan fingerprint density at radius 3 is 2.91 bits per heavy atom. The number of imidazole rings is 1. The SMILES string of the molecule is Cc1cc2nc(-n3ccnc3)ccc2c(-c2ccc3c4c(ccnc24)CCO3)c1CC(=O)O. The maximum atomic E-state index is 11.8. The van der Waals surface area contributed by atoms with E-state index in [1.807, 2.05) is 60.3 Å². The molecule has 1 aliphatic heterocycles. The highest BCUT2D eigenvalue weighted by molar-refractivity contribution is 6.08. The molecule has 0 saturated heterocycles. The molecule has 0 unspecified atom stereocenters. The molecule has 2 aromatic carbocycles. The van der Waals surface area contributed by atoms with Crippen LogP contribution in [0.2, 0.25) is 0 Å². The molecule has 0 aliphatic carbocycles. The highest BCUT2D eigenvalue weighted by atomic mass is 16.5. The van der Waals surface area contributed by atoms with Crippen molar-refractivity contribution in [2.45, 2.75) is 19.8 Å². The van der Waals surface area contributed by atoms with Crippen LogP contribution in [0.4, 0.5) is 0 Å². The maximum Gasteiger partial charge on any atom is 0.307 e. The number of hydrogen-bond donors (Lipinski definition) is 1. The summed E-state index contributed by atoms with van der Waals surface area (Å²) in [5, 5.41) is 11.6. The predicted octanol–water partition coefficient (Wildman–Crippen LogP) is 4.51. The molecule has 6 rings (SSSR count). The van der Waals surface area contributed by atoms with E-state index in [2.05, 4.69) is 4.98 Å². The van der Waals surface area contributed by atoms with E-state index >= 15 is 0 Å². The lowest BCUT2D eigenvalue weighted by molar-refractivity contribution is -0.136. The summed E-state index contributed by atoms with van der Waals surface area (Å²) < 4.78 is 7.74. The Hall–Kier alpha value is -4.26. The van der Waals surface area contributed by atoms with Gasteiger partial charge in [-0.1, -0.05) is 0 Å². The number of fused-ring (bicyclic) bond motifs is 1. The number of benzene rings is 2. The second-order valence-corrected chi connectivity index (χ2v) is 8.23. The lowest BCUT2D eigenvalue weighted by atomic mass is 9.88. The number of aliphatic carboxylic acids is 1. The molecule has 0 radical (unpaired) electrons. The smallest absolute Gasteiger partial charge is 0.307 e. The first-order valence-corrected chi connectivity index (χ1v) is 10.8. The Labute approximate surface area is 189 Å². The molecule has 0 atom stereocenters. The Morgan fingerprint density at radius 2 is 2.09 bits per heavy atom. The number of rotatable bonds is 4. The number of nitrogens with zero attached hydrogens (tertiary/aromatic N) is 4. The van der Waals surface area contributed by atoms with Crippen LogP contribution < -0.4 is 4.74 Å². The first-order chi connectivity index (χ1) is 16.1. The topological polar surface area (TPSA) is 90.1 Å². The number of carbonyl (C=O) groups is 1. The van der Waals surface area contributed by atoms with Crippen LogP contribution in [0.15, 0.2) is 61.3 Å². The zero-order valence-corrected chi connectivity index (χ0v) is 17.9. The van der Waals surface area contributed by atoms with Crippen molar-refractivity contribution in [2.75, 3.05) is 6.61 Å². The normalized spacial score (nSPS) is 12.8. The van der Waals surface area contributed by atoms with E-state index < -0.39 is 5.97 Å². The third-order valence-corrected chi connectivity index (χ3v) is 6.25. The Kier molecular flexibility index (Phi) is 4.36. The number of pyridine rings is 2. The number of hydrogen-bond acceptors (Lipinski definition) is 5. The van der Waals surface area contributed by atoms with Gasteiger partial charge in [0.15, 0.2) is 0 Å². The number of aromatic nitrogens is 4. The van der Waals surface area contributed by atoms with E-state index in [1.165, 1.54) is 5.56 Å². The summed E-state index contributed by atoms with van der Waals surface area (Å²) in [4.78, 5) is 25.5. The van der Waals surface area contributed by atoms with Crippen molar-refractivity contribution < 1.29 is 14.6 Å². The molecular formula is C26H20N4O3. The molecule has 0 spiro atoms. The fraction of sp³-hybridized carbons (Fsp3) is 0.154. The van der Waals surface area contributed by atoms with Gasteiger partial charge in [-0.25, -0.2) is 9.97 Å². The number of carboxylic acid groups (broad SMARTS) is 1. The van der Waals surface area contributed by atoms with E-state index in [4.69, 9.17) is 14.7 Å². The molecule has 0 saturated carbocycles. The molecular weight excluding hydrogens is 416 g/mol. The molecule has 7 heteroatoms. The van der Waals surface area contributed by atoms with Crippen molar-refractivity contribution in [1.82, 2.24) is 19.5 Å². The minimum atomic E-state index is -0.874. The summed E-state index contributed by atoms with van der Waals surface area (Å²) in [6.07, 6.45) is 7.82. The van der Waals surface area contributed by atoms with Gasteiger partial charge in [-0.15, -0.1) is 0 Å². The first-order valence-electron chi connectivity index (χ1n) is 10.8. The molecule has 1 aliphatic rings. The monoisotopic (exact) mass is 436 g/mol. The van der Waals surface area contributed by atoms with Gasteiger partial charge in [0.2, 0.25) is 0 Å². The van der Waals surface area contributed by atoms with Crippen LogP contribution >= 0.6 is 0 Å². The Bertz CT molecular complexity index is 1550. The van der Waals surface area contributed by atoms with Crippen LogP contribution in [0.3, 0.4) is 0 Å². The van der Waals surface area contributed by atoms with Crippen molar-refractivity contribution in [3.8, 4) is 22.7 Å². The molecule has 0 bridgehead atoms. The number of ether oxygens (including phenoxy) is 1. The predicted molar refractivity (Wildman–Crippen MR) is 125 cm³/mol. The highest BCUT2D eigenvalue weighted by Gasteiger charge is 2.22. The summed E-state index contributed by atoms with van der Waals surface area (Å²) in [5.41, 5.74) is 6.21. The standard InChI is InChI=1S/C26H20N4O3/c1-15-12-20-17(3-5-22(29-20)30-10-9-27-14-30)25(19(15)13-23(31)32)18-2-4-21-24-16(7-11-33-21)6-8-28-26(18)24/h2-6,8-10,12,14H,7,11,13H2,1H3,(H,31,32). The second kappa shape index (κ2) is 7.41. The van der Waals surface area contributed by atoms with Crippen molar-refractivity contribution in [2.24, 2.45) is 0 Å². The summed E-state index contributed by atoms with van der Waals surface area (Å²) >= 11 is 0. The van der Waals surface area contributed by atoms with Crippen molar-refractivity contribution in [3.05, 3.63) is 78.0 Å². The average molecular weight is 436 g/mol. The van der Waals surface area contributed by atoms with Crippen molar-refractivity contribution in [3.63, 3.8) is 0 Å². The van der Waals surface area contributed by atoms with Crippen LogP contribution in [0.25, 0.3) is 38.8 Å². The number of aryl methyl sites for hydroxylation is 1. The van der Waals surface area contributed by atoms with Gasteiger partial charge < -0.3 is 9.84 Å². The van der Waals surface area contributed by atoms with Gasteiger partial charge in [0.05, 0.1) is 24.1 Å². The van der Waals surface area contributed by atoms with Gasteiger partial charge in [-0.2, -0.15) is 0 Å². The zero-order valence-electron chi connectivity index (χ0n) is 17.9. The van der Waals surface area contributed by atoms with E-state index in [-0.39, 0.29) is 6.42 Å². The molecule has 0 fully saturated rings. The molecule has 0 amide bonds. The maximum absolute atomic E-state index is 11.8.